The third-order valence-electron chi connectivity index (χ3n) is 7.74. The summed E-state index contributed by atoms with van der Waals surface area (Å²) < 4.78 is 18.4. The number of hydrogen-bond donors (Lipinski definition) is 1. The highest BCUT2D eigenvalue weighted by Crippen LogP contribution is 2.56. The number of carbonyl (C=O) groups is 2. The van der Waals surface area contributed by atoms with Crippen LogP contribution in [0.4, 0.5) is 0 Å². The Bertz CT molecular complexity index is 847. The minimum absolute atomic E-state index is 0.236. The topological polar surface area (TPSA) is 82.1 Å². The molecule has 1 heterocycles. The molecule has 1 aliphatic heterocycles. The summed E-state index contributed by atoms with van der Waals surface area (Å²) in [5.41, 5.74) is 0.281. The highest BCUT2D eigenvalue weighted by atomic mass is 16.6. The molecule has 6 heteroatoms. The van der Waals surface area contributed by atoms with Crippen LogP contribution in [-0.2, 0) is 23.8 Å². The van der Waals surface area contributed by atoms with E-state index in [2.05, 4.69) is 6.92 Å². The van der Waals surface area contributed by atoms with Crippen LogP contribution in [0.3, 0.4) is 0 Å². The number of fused-ring (bicyclic) bond motifs is 1. The summed E-state index contributed by atoms with van der Waals surface area (Å²) in [4.78, 5) is 24.8. The van der Waals surface area contributed by atoms with Crippen molar-refractivity contribution in [3.8, 4) is 0 Å². The Labute approximate surface area is 196 Å². The van der Waals surface area contributed by atoms with Gasteiger partial charge in [-0.1, -0.05) is 44.2 Å². The summed E-state index contributed by atoms with van der Waals surface area (Å²) in [5.74, 6) is 0.340. The molecule has 6 atom stereocenters. The molecule has 3 fully saturated rings. The molecule has 5 unspecified atom stereocenters. The van der Waals surface area contributed by atoms with Crippen molar-refractivity contribution in [2.45, 2.75) is 70.2 Å². The molecule has 0 radical (unpaired) electrons. The average molecular weight is 457 g/mol. The maximum atomic E-state index is 13.0. The van der Waals surface area contributed by atoms with Gasteiger partial charge in [-0.25, -0.2) is 9.59 Å². The molecule has 0 amide bonds. The van der Waals surface area contributed by atoms with E-state index in [1.54, 1.807) is 6.08 Å². The summed E-state index contributed by atoms with van der Waals surface area (Å²) in [6, 6.07) is 9.69. The maximum absolute atomic E-state index is 13.0. The van der Waals surface area contributed by atoms with E-state index in [4.69, 9.17) is 19.3 Å². The molecule has 0 aromatic heterocycles. The normalized spacial score (nSPS) is 32.3. The molecule has 1 saturated heterocycles. The van der Waals surface area contributed by atoms with E-state index >= 15 is 0 Å². The van der Waals surface area contributed by atoms with Crippen LogP contribution in [-0.4, -0.2) is 48.1 Å². The molecule has 0 bridgehead atoms. The van der Waals surface area contributed by atoms with Gasteiger partial charge in [0.15, 0.2) is 0 Å². The summed E-state index contributed by atoms with van der Waals surface area (Å²) in [6.07, 6.45) is 7.82. The van der Waals surface area contributed by atoms with E-state index in [-0.39, 0.29) is 30.0 Å². The van der Waals surface area contributed by atoms with Gasteiger partial charge in [0, 0.05) is 18.4 Å². The largest absolute Gasteiger partial charge is 0.461 e. The first kappa shape index (κ1) is 24.0. The van der Waals surface area contributed by atoms with E-state index < -0.39 is 18.2 Å². The highest BCUT2D eigenvalue weighted by Gasteiger charge is 2.62. The fourth-order valence-corrected chi connectivity index (χ4v) is 5.92. The van der Waals surface area contributed by atoms with Crippen molar-refractivity contribution < 1.29 is 28.9 Å². The molecule has 6 nitrogen and oxygen atoms in total. The molecular formula is C27H36O6. The molecule has 1 N–H and O–H groups in total. The molecular weight excluding hydrogens is 420 g/mol. The Hall–Kier alpha value is -2.18. The van der Waals surface area contributed by atoms with Crippen LogP contribution in [0.1, 0.15) is 57.9 Å². The lowest BCUT2D eigenvalue weighted by molar-refractivity contribution is -0.234. The summed E-state index contributed by atoms with van der Waals surface area (Å²) in [7, 11) is 0. The summed E-state index contributed by atoms with van der Waals surface area (Å²) in [5, 5.41) is 9.17. The Morgan fingerprint density at radius 1 is 1.21 bits per heavy atom. The van der Waals surface area contributed by atoms with Gasteiger partial charge >= 0.3 is 11.9 Å². The molecule has 33 heavy (non-hydrogen) atoms. The second kappa shape index (κ2) is 10.4. The Morgan fingerprint density at radius 3 is 2.64 bits per heavy atom. The van der Waals surface area contributed by atoms with Crippen LogP contribution in [0.15, 0.2) is 36.4 Å². The zero-order valence-electron chi connectivity index (χ0n) is 19.7. The minimum atomic E-state index is -0.660. The van der Waals surface area contributed by atoms with Crippen molar-refractivity contribution in [1.29, 1.82) is 0 Å². The van der Waals surface area contributed by atoms with Gasteiger partial charge in [0.05, 0.1) is 6.61 Å². The van der Waals surface area contributed by atoms with E-state index in [1.807, 2.05) is 37.3 Å². The van der Waals surface area contributed by atoms with E-state index in [9.17, 15) is 9.59 Å². The number of esters is 2. The van der Waals surface area contributed by atoms with Gasteiger partial charge in [-0.2, -0.15) is 0 Å². The van der Waals surface area contributed by atoms with Gasteiger partial charge in [-0.15, -0.1) is 0 Å². The van der Waals surface area contributed by atoms with Gasteiger partial charge < -0.3 is 19.3 Å². The summed E-state index contributed by atoms with van der Waals surface area (Å²) >= 11 is 0. The molecule has 180 valence electrons. The maximum Gasteiger partial charge on any atom is 0.332 e. The van der Waals surface area contributed by atoms with E-state index in [0.717, 1.165) is 31.2 Å². The van der Waals surface area contributed by atoms with Crippen molar-refractivity contribution in [3.63, 3.8) is 0 Å². The fourth-order valence-electron chi connectivity index (χ4n) is 5.92. The van der Waals surface area contributed by atoms with Crippen molar-refractivity contribution in [2.75, 3.05) is 13.2 Å². The molecule has 2 aliphatic carbocycles. The first-order valence-corrected chi connectivity index (χ1v) is 12.3. The number of hydrogen-bond acceptors (Lipinski definition) is 6. The van der Waals surface area contributed by atoms with Gasteiger partial charge in [-0.3, -0.25) is 0 Å². The van der Waals surface area contributed by atoms with E-state index in [0.29, 0.717) is 31.3 Å². The van der Waals surface area contributed by atoms with Crippen LogP contribution >= 0.6 is 0 Å². The lowest BCUT2D eigenvalue weighted by atomic mass is 9.70. The highest BCUT2D eigenvalue weighted by molar-refractivity contribution is 5.87. The van der Waals surface area contributed by atoms with Crippen LogP contribution in [0.25, 0.3) is 6.08 Å². The molecule has 2 saturated carbocycles. The monoisotopic (exact) mass is 456 g/mol. The van der Waals surface area contributed by atoms with Crippen LogP contribution in [0, 0.1) is 23.7 Å². The minimum Gasteiger partial charge on any atom is -0.461 e. The summed E-state index contributed by atoms with van der Waals surface area (Å²) in [6.45, 7) is 4.22. The third kappa shape index (κ3) is 5.33. The molecule has 1 aromatic rings. The van der Waals surface area contributed by atoms with Crippen LogP contribution in [0.5, 0.6) is 0 Å². The molecule has 4 rings (SSSR count). The van der Waals surface area contributed by atoms with Crippen molar-refractivity contribution in [2.24, 2.45) is 23.7 Å². The Kier molecular flexibility index (Phi) is 7.55. The van der Waals surface area contributed by atoms with Gasteiger partial charge in [-0.05, 0) is 61.5 Å². The number of aliphatic hydroxyl groups is 1. The smallest absolute Gasteiger partial charge is 0.332 e. The number of rotatable bonds is 9. The zero-order chi connectivity index (χ0) is 23.4. The predicted molar refractivity (Wildman–Crippen MR) is 124 cm³/mol. The lowest BCUT2D eigenvalue weighted by Gasteiger charge is -2.50. The van der Waals surface area contributed by atoms with Crippen LogP contribution in [0.2, 0.25) is 0 Å². The number of aliphatic hydroxyl groups excluding tert-OH is 1. The van der Waals surface area contributed by atoms with Crippen LogP contribution < -0.4 is 0 Å². The number of benzene rings is 1. The van der Waals surface area contributed by atoms with Gasteiger partial charge in [0.1, 0.15) is 24.4 Å². The Balaban J connectivity index is 1.60. The third-order valence-corrected chi connectivity index (χ3v) is 7.74. The quantitative estimate of drug-likeness (QED) is 0.444. The van der Waals surface area contributed by atoms with Crippen molar-refractivity contribution >= 4 is 18.0 Å². The fraction of sp³-hybridized carbons (Fsp3) is 0.630. The van der Waals surface area contributed by atoms with Crippen molar-refractivity contribution in [1.82, 2.24) is 0 Å². The number of carbonyl (C=O) groups excluding carboxylic acids is 2. The first-order valence-electron chi connectivity index (χ1n) is 12.3. The van der Waals surface area contributed by atoms with Gasteiger partial charge in [0.25, 0.3) is 0 Å². The van der Waals surface area contributed by atoms with Gasteiger partial charge in [0.2, 0.25) is 0 Å². The molecule has 1 aromatic carbocycles. The number of ether oxygens (including phenoxy) is 3. The second-order valence-electron chi connectivity index (χ2n) is 9.92. The van der Waals surface area contributed by atoms with Crippen molar-refractivity contribution in [3.05, 3.63) is 42.0 Å². The van der Waals surface area contributed by atoms with E-state index in [1.165, 1.54) is 6.08 Å². The first-order chi connectivity index (χ1) is 16.0. The lowest BCUT2D eigenvalue weighted by Crippen LogP contribution is -2.60. The zero-order valence-corrected chi connectivity index (χ0v) is 19.7. The molecule has 0 spiro atoms. The second-order valence-corrected chi connectivity index (χ2v) is 9.92. The standard InChI is InChI=1S/C27H36O6/c1-3-22(32-24(30)16-28)15-27(21-12-13-21)26(25-18(2)9-11-20(25)17-31-27)33-23(29)14-10-19-7-5-4-6-8-19/h4-8,10,14,18,20-22,25-26,28H,3,9,11-13,15-17H2,1-2H3/b14-10+/t18?,20?,22?,25?,26-,27?/m0/s1. The molecule has 3 aliphatic rings. The predicted octanol–water partition coefficient (Wildman–Crippen LogP) is 4.16. The average Bonchev–Trinajstić information content (AvgIpc) is 3.62. The Morgan fingerprint density at radius 2 is 1.97 bits per heavy atom. The SMILES string of the molecule is CCC(CC1(C2CC2)OCC2CCC(C)C2[C@@H]1OC(=O)/C=C/c1ccccc1)OC(=O)CO.